The maximum absolute atomic E-state index is 15.2. The summed E-state index contributed by atoms with van der Waals surface area (Å²) in [6, 6.07) is 20.0. The number of piperidine rings is 1. The van der Waals surface area contributed by atoms with Crippen LogP contribution in [-0.2, 0) is 16.5 Å². The predicted octanol–water partition coefficient (Wildman–Crippen LogP) is 8.78. The number of aromatic nitrogens is 2. The minimum absolute atomic E-state index is 0.113. The van der Waals surface area contributed by atoms with E-state index in [0.29, 0.717) is 65.4 Å². The third kappa shape index (κ3) is 7.19. The van der Waals surface area contributed by atoms with Crippen LogP contribution in [0.3, 0.4) is 0 Å². The van der Waals surface area contributed by atoms with E-state index in [1.165, 1.54) is 0 Å². The molecule has 4 heterocycles. The van der Waals surface area contributed by atoms with Crippen LogP contribution in [0.15, 0.2) is 90.3 Å². The Morgan fingerprint density at radius 2 is 1.52 bits per heavy atom. The molecule has 4 amide bonds. The van der Waals surface area contributed by atoms with E-state index in [1.807, 2.05) is 85.2 Å². The van der Waals surface area contributed by atoms with Gasteiger partial charge in [-0.15, -0.1) is 0 Å². The van der Waals surface area contributed by atoms with Crippen LogP contribution in [0.4, 0.5) is 15.3 Å². The number of urea groups is 2. The zero-order chi connectivity index (χ0) is 37.3. The highest BCUT2D eigenvalue weighted by Crippen LogP contribution is 2.54. The molecule has 4 aromatic rings. The highest BCUT2D eigenvalue weighted by atomic mass is 35.5. The minimum atomic E-state index is -1.05. The van der Waals surface area contributed by atoms with E-state index in [1.54, 1.807) is 30.7 Å². The van der Waals surface area contributed by atoms with Gasteiger partial charge in [0.1, 0.15) is 22.7 Å². The monoisotopic (exact) mass is 741 g/mol. The van der Waals surface area contributed by atoms with Crippen LogP contribution in [0.5, 0.6) is 5.75 Å². The number of nitrogens with zero attached hydrogens (tertiary/aromatic N) is 5. The molecule has 2 aliphatic heterocycles. The standard InChI is InChI=1S/C40H45Cl2N7O3/c1-7-52-33-24-34(38(2,3)4)44-25-32(33)35-47-39(5,26-8-12-28(41)13-9-26)40(6,27-10-14-29(42)15-11-27)49(35)37(51)48-22-18-31(19-23-48)46-36(50)45-30-16-20-43-21-17-30/h8-17,20-21,24-25,31H,7,18-19,22-23H2,1-6H3,(H2,43,45,46,50)/t39-,40+/m0/s1. The van der Waals surface area contributed by atoms with E-state index in [2.05, 4.69) is 36.4 Å². The van der Waals surface area contributed by atoms with Crippen molar-refractivity contribution in [2.45, 2.75) is 76.9 Å². The van der Waals surface area contributed by atoms with Gasteiger partial charge in [-0.1, -0.05) is 68.2 Å². The molecule has 2 N–H and O–H groups in total. The Labute approximate surface area is 315 Å². The molecule has 0 unspecified atom stereocenters. The zero-order valence-electron chi connectivity index (χ0n) is 30.4. The van der Waals surface area contributed by atoms with Gasteiger partial charge in [0, 0.05) is 70.6 Å². The SMILES string of the molecule is CCOc1cc(C(C)(C)C)ncc1C1=N[C@@](C)(c2ccc(Cl)cc2)[C@@](C)(c2ccc(Cl)cc2)N1C(=O)N1CCC(NC(=O)Nc2ccncc2)CC1. The second-order valence-corrected chi connectivity index (χ2v) is 15.4. The molecule has 0 saturated carbocycles. The Morgan fingerprint density at radius 3 is 2.10 bits per heavy atom. The van der Waals surface area contributed by atoms with Crippen molar-refractivity contribution in [3.8, 4) is 5.75 Å². The van der Waals surface area contributed by atoms with Crippen molar-refractivity contribution in [3.05, 3.63) is 118 Å². The van der Waals surface area contributed by atoms with E-state index in [4.69, 9.17) is 37.9 Å². The summed E-state index contributed by atoms with van der Waals surface area (Å²) < 4.78 is 6.27. The Balaban J connectivity index is 1.42. The predicted molar refractivity (Wildman–Crippen MR) is 206 cm³/mol. The molecule has 2 aromatic heterocycles. The van der Waals surface area contributed by atoms with Gasteiger partial charge in [-0.05, 0) is 81.1 Å². The molecule has 272 valence electrons. The Bertz CT molecular complexity index is 1940. The lowest BCUT2D eigenvalue weighted by molar-refractivity contribution is 0.0997. The number of anilines is 1. The number of aliphatic imine (C=N–C) groups is 1. The number of rotatable bonds is 7. The Hall–Kier alpha value is -4.67. The largest absolute Gasteiger partial charge is 0.493 e. The van der Waals surface area contributed by atoms with Crippen molar-refractivity contribution in [2.24, 2.45) is 4.99 Å². The number of hydrogen-bond acceptors (Lipinski definition) is 6. The Kier molecular flexibility index (Phi) is 10.5. The first kappa shape index (κ1) is 37.1. The van der Waals surface area contributed by atoms with Crippen molar-refractivity contribution in [2.75, 3.05) is 25.0 Å². The number of halogens is 2. The van der Waals surface area contributed by atoms with Gasteiger partial charge >= 0.3 is 12.1 Å². The molecule has 6 rings (SSSR count). The normalized spacial score (nSPS) is 20.7. The summed E-state index contributed by atoms with van der Waals surface area (Å²) in [6.45, 7) is 13.6. The van der Waals surface area contributed by atoms with E-state index in [9.17, 15) is 4.79 Å². The molecule has 2 aliphatic rings. The summed E-state index contributed by atoms with van der Waals surface area (Å²) in [5.74, 6) is 1.05. The fraction of sp³-hybridized carbons (Fsp3) is 0.375. The highest BCUT2D eigenvalue weighted by molar-refractivity contribution is 6.30. The van der Waals surface area contributed by atoms with Gasteiger partial charge in [-0.2, -0.15) is 0 Å². The van der Waals surface area contributed by atoms with Crippen molar-refractivity contribution < 1.29 is 14.3 Å². The number of ether oxygens (including phenoxy) is 1. The minimum Gasteiger partial charge on any atom is -0.493 e. The van der Waals surface area contributed by atoms with Crippen LogP contribution in [-0.4, -0.2) is 63.4 Å². The summed E-state index contributed by atoms with van der Waals surface area (Å²) in [5, 5.41) is 7.10. The highest BCUT2D eigenvalue weighted by Gasteiger charge is 2.60. The number of nitrogens with one attached hydrogen (secondary N) is 2. The average molecular weight is 743 g/mol. The molecule has 0 bridgehead atoms. The van der Waals surface area contributed by atoms with E-state index in [0.717, 1.165) is 16.8 Å². The second-order valence-electron chi connectivity index (χ2n) is 14.6. The Morgan fingerprint density at radius 1 is 0.923 bits per heavy atom. The number of hydrogen-bond donors (Lipinski definition) is 2. The van der Waals surface area contributed by atoms with Gasteiger partial charge in [0.2, 0.25) is 0 Å². The molecule has 0 spiro atoms. The topological polar surface area (TPSA) is 112 Å². The quantitative estimate of drug-likeness (QED) is 0.197. The van der Waals surface area contributed by atoms with Crippen LogP contribution in [0.1, 0.15) is 76.8 Å². The number of likely N-dealkylation sites (tertiary alicyclic amines) is 1. The fourth-order valence-electron chi connectivity index (χ4n) is 7.00. The maximum Gasteiger partial charge on any atom is 0.326 e. The number of carbonyl (C=O) groups is 2. The molecule has 2 aromatic carbocycles. The van der Waals surface area contributed by atoms with Crippen LogP contribution >= 0.6 is 23.2 Å². The lowest BCUT2D eigenvalue weighted by atomic mass is 9.71. The summed E-state index contributed by atoms with van der Waals surface area (Å²) in [5.41, 5.74) is 1.58. The van der Waals surface area contributed by atoms with Crippen LogP contribution in [0.25, 0.3) is 0 Å². The first-order valence-corrected chi connectivity index (χ1v) is 18.3. The summed E-state index contributed by atoms with van der Waals surface area (Å²) in [7, 11) is 0. The second kappa shape index (κ2) is 14.8. The molecule has 0 aliphatic carbocycles. The molecular weight excluding hydrogens is 697 g/mol. The fourth-order valence-corrected chi connectivity index (χ4v) is 7.25. The van der Waals surface area contributed by atoms with Crippen LogP contribution in [0, 0.1) is 0 Å². The smallest absolute Gasteiger partial charge is 0.326 e. The van der Waals surface area contributed by atoms with E-state index < -0.39 is 11.1 Å². The molecule has 12 heteroatoms. The number of pyridine rings is 2. The van der Waals surface area contributed by atoms with Crippen LogP contribution < -0.4 is 15.4 Å². The van der Waals surface area contributed by atoms with Gasteiger partial charge < -0.3 is 20.3 Å². The van der Waals surface area contributed by atoms with E-state index >= 15 is 4.79 Å². The number of benzene rings is 2. The first-order valence-electron chi connectivity index (χ1n) is 17.6. The summed E-state index contributed by atoms with van der Waals surface area (Å²) in [6.07, 6.45) is 6.18. The van der Waals surface area contributed by atoms with Crippen molar-refractivity contribution in [3.63, 3.8) is 0 Å². The lowest BCUT2D eigenvalue weighted by Gasteiger charge is -2.47. The number of amides is 4. The molecule has 1 saturated heterocycles. The van der Waals surface area contributed by atoms with Crippen molar-refractivity contribution in [1.29, 1.82) is 0 Å². The maximum atomic E-state index is 15.2. The molecule has 1 fully saturated rings. The molecular formula is C40H45Cl2N7O3. The third-order valence-electron chi connectivity index (χ3n) is 10.2. The summed E-state index contributed by atoms with van der Waals surface area (Å²) in [4.78, 5) is 46.0. The third-order valence-corrected chi connectivity index (χ3v) is 10.7. The zero-order valence-corrected chi connectivity index (χ0v) is 31.9. The van der Waals surface area contributed by atoms with Gasteiger partial charge in [0.25, 0.3) is 0 Å². The average Bonchev–Trinajstić information content (AvgIpc) is 3.36. The van der Waals surface area contributed by atoms with Gasteiger partial charge in [-0.25, -0.2) is 9.59 Å². The first-order chi connectivity index (χ1) is 24.7. The summed E-state index contributed by atoms with van der Waals surface area (Å²) >= 11 is 12.8. The molecule has 0 radical (unpaired) electrons. The van der Waals surface area contributed by atoms with Gasteiger partial charge in [0.15, 0.2) is 0 Å². The van der Waals surface area contributed by atoms with Crippen LogP contribution in [0.2, 0.25) is 10.0 Å². The van der Waals surface area contributed by atoms with E-state index in [-0.39, 0.29) is 23.5 Å². The van der Waals surface area contributed by atoms with Crippen molar-refractivity contribution >= 4 is 46.8 Å². The van der Waals surface area contributed by atoms with Crippen molar-refractivity contribution in [1.82, 2.24) is 25.1 Å². The van der Waals surface area contributed by atoms with Gasteiger partial charge in [0.05, 0.1) is 12.2 Å². The number of amidine groups is 1. The lowest BCUT2D eigenvalue weighted by Crippen LogP contribution is -2.59. The molecule has 52 heavy (non-hydrogen) atoms. The number of carbonyl (C=O) groups excluding carboxylic acids is 2. The van der Waals surface area contributed by atoms with Gasteiger partial charge in [-0.3, -0.25) is 19.9 Å². The molecule has 2 atom stereocenters. The molecule has 10 nitrogen and oxygen atoms in total.